The third-order valence-corrected chi connectivity index (χ3v) is 3.85. The van der Waals surface area contributed by atoms with Crippen LogP contribution in [0.5, 0.6) is 0 Å². The van der Waals surface area contributed by atoms with Gasteiger partial charge in [0.2, 0.25) is 0 Å². The van der Waals surface area contributed by atoms with E-state index >= 15 is 0 Å². The lowest BCUT2D eigenvalue weighted by atomic mass is 10.1. The number of carbonyl (C=O) groups is 1. The third kappa shape index (κ3) is 5.82. The average Bonchev–Trinajstić information content (AvgIpc) is 2.60. The molecule has 0 saturated carbocycles. The molecule has 1 heterocycles. The standard InChI is InChI=1S/C17H17Cl2N5O/c1-24(11-13-4-2-12(9-20)3-5-13)17(25)22-7-6-21-16-15(19)8-14(18)10-23-16/h2-5,8,10H,6-7,11H2,1H3,(H,21,23)(H,22,25). The average molecular weight is 378 g/mol. The van der Waals surface area contributed by atoms with Crippen molar-refractivity contribution >= 4 is 35.1 Å². The highest BCUT2D eigenvalue weighted by molar-refractivity contribution is 6.35. The molecule has 130 valence electrons. The number of hydrogen-bond acceptors (Lipinski definition) is 4. The van der Waals surface area contributed by atoms with Crippen LogP contribution in [0.4, 0.5) is 10.6 Å². The molecular formula is C17H17Cl2N5O. The van der Waals surface area contributed by atoms with E-state index in [-0.39, 0.29) is 6.03 Å². The Morgan fingerprint density at radius 1 is 1.28 bits per heavy atom. The van der Waals surface area contributed by atoms with Gasteiger partial charge in [0, 0.05) is 32.9 Å². The van der Waals surface area contributed by atoms with E-state index in [1.165, 1.54) is 6.20 Å². The molecule has 0 aliphatic carbocycles. The molecule has 0 atom stereocenters. The molecule has 1 aromatic heterocycles. The molecule has 0 aliphatic heterocycles. The lowest BCUT2D eigenvalue weighted by Gasteiger charge is -2.18. The summed E-state index contributed by atoms with van der Waals surface area (Å²) >= 11 is 11.8. The first-order chi connectivity index (χ1) is 12.0. The van der Waals surface area contributed by atoms with E-state index in [4.69, 9.17) is 28.5 Å². The largest absolute Gasteiger partial charge is 0.367 e. The highest BCUT2D eigenvalue weighted by Gasteiger charge is 2.09. The second kappa shape index (κ2) is 9.11. The summed E-state index contributed by atoms with van der Waals surface area (Å²) in [4.78, 5) is 17.7. The summed E-state index contributed by atoms with van der Waals surface area (Å²) in [5.74, 6) is 0.520. The van der Waals surface area contributed by atoms with Crippen LogP contribution in [0.1, 0.15) is 11.1 Å². The van der Waals surface area contributed by atoms with Crippen molar-refractivity contribution in [2.45, 2.75) is 6.54 Å². The number of anilines is 1. The maximum absolute atomic E-state index is 12.1. The van der Waals surface area contributed by atoms with E-state index < -0.39 is 0 Å². The Kier molecular flexibility index (Phi) is 6.87. The number of hydrogen-bond donors (Lipinski definition) is 2. The van der Waals surface area contributed by atoms with E-state index in [0.717, 1.165) is 5.56 Å². The summed E-state index contributed by atoms with van der Waals surface area (Å²) in [5, 5.41) is 15.5. The van der Waals surface area contributed by atoms with Crippen molar-refractivity contribution in [3.63, 3.8) is 0 Å². The zero-order valence-electron chi connectivity index (χ0n) is 13.6. The van der Waals surface area contributed by atoms with E-state index in [1.54, 1.807) is 30.1 Å². The first kappa shape index (κ1) is 18.8. The number of rotatable bonds is 6. The molecule has 25 heavy (non-hydrogen) atoms. The first-order valence-corrected chi connectivity index (χ1v) is 8.28. The Bertz CT molecular complexity index is 774. The fourth-order valence-corrected chi connectivity index (χ4v) is 2.51. The number of urea groups is 1. The molecule has 0 spiro atoms. The summed E-state index contributed by atoms with van der Waals surface area (Å²) in [7, 11) is 1.71. The van der Waals surface area contributed by atoms with Crippen LogP contribution in [0, 0.1) is 11.3 Å². The topological polar surface area (TPSA) is 81.0 Å². The molecule has 0 saturated heterocycles. The van der Waals surface area contributed by atoms with Crippen LogP contribution in [0.2, 0.25) is 10.0 Å². The van der Waals surface area contributed by atoms with Crippen LogP contribution in [0.3, 0.4) is 0 Å². The summed E-state index contributed by atoms with van der Waals surface area (Å²) in [6.45, 7) is 1.34. The number of nitrogens with one attached hydrogen (secondary N) is 2. The maximum Gasteiger partial charge on any atom is 0.317 e. The Labute approximate surface area is 156 Å². The normalized spacial score (nSPS) is 10.0. The van der Waals surface area contributed by atoms with Gasteiger partial charge in [0.05, 0.1) is 21.7 Å². The Hall–Kier alpha value is -2.49. The molecule has 2 N–H and O–H groups in total. The van der Waals surface area contributed by atoms with E-state index in [0.29, 0.717) is 41.1 Å². The number of nitrogens with zero attached hydrogens (tertiary/aromatic N) is 3. The molecular weight excluding hydrogens is 361 g/mol. The van der Waals surface area contributed by atoms with E-state index in [9.17, 15) is 4.79 Å². The van der Waals surface area contributed by atoms with Crippen molar-refractivity contribution in [3.8, 4) is 6.07 Å². The third-order valence-electron chi connectivity index (χ3n) is 3.35. The van der Waals surface area contributed by atoms with Gasteiger partial charge in [-0.25, -0.2) is 9.78 Å². The van der Waals surface area contributed by atoms with Gasteiger partial charge in [-0.2, -0.15) is 5.26 Å². The molecule has 1 aromatic carbocycles. The second-order valence-electron chi connectivity index (χ2n) is 5.31. The fourth-order valence-electron chi connectivity index (χ4n) is 2.06. The molecule has 0 aliphatic rings. The predicted octanol–water partition coefficient (Wildman–Crippen LogP) is 3.51. The smallest absolute Gasteiger partial charge is 0.317 e. The van der Waals surface area contributed by atoms with Gasteiger partial charge >= 0.3 is 6.03 Å². The van der Waals surface area contributed by atoms with E-state index in [1.807, 2.05) is 12.1 Å². The van der Waals surface area contributed by atoms with Gasteiger partial charge in [0.1, 0.15) is 5.82 Å². The van der Waals surface area contributed by atoms with Gasteiger partial charge < -0.3 is 15.5 Å². The zero-order valence-corrected chi connectivity index (χ0v) is 15.1. The minimum absolute atomic E-state index is 0.193. The predicted molar refractivity (Wildman–Crippen MR) is 98.8 cm³/mol. The molecule has 2 aromatic rings. The minimum Gasteiger partial charge on any atom is -0.367 e. The summed E-state index contributed by atoms with van der Waals surface area (Å²) in [5.41, 5.74) is 1.54. The summed E-state index contributed by atoms with van der Waals surface area (Å²) in [6.07, 6.45) is 1.50. The number of pyridine rings is 1. The van der Waals surface area contributed by atoms with E-state index in [2.05, 4.69) is 21.7 Å². The molecule has 2 amide bonds. The molecule has 0 radical (unpaired) electrons. The highest BCUT2D eigenvalue weighted by atomic mass is 35.5. The van der Waals surface area contributed by atoms with Gasteiger partial charge in [0.25, 0.3) is 0 Å². The SMILES string of the molecule is CN(Cc1ccc(C#N)cc1)C(=O)NCCNc1ncc(Cl)cc1Cl. The Morgan fingerprint density at radius 2 is 2.00 bits per heavy atom. The first-order valence-electron chi connectivity index (χ1n) is 7.52. The lowest BCUT2D eigenvalue weighted by molar-refractivity contribution is 0.207. The molecule has 2 rings (SSSR count). The Morgan fingerprint density at radius 3 is 2.64 bits per heavy atom. The Balaban J connectivity index is 1.74. The minimum atomic E-state index is -0.193. The second-order valence-corrected chi connectivity index (χ2v) is 6.15. The summed E-state index contributed by atoms with van der Waals surface area (Å²) in [6, 6.07) is 10.6. The number of aromatic nitrogens is 1. The van der Waals surface area contributed by atoms with Gasteiger partial charge in [-0.15, -0.1) is 0 Å². The highest BCUT2D eigenvalue weighted by Crippen LogP contribution is 2.21. The molecule has 0 fully saturated rings. The van der Waals surface area contributed by atoms with Crippen LogP contribution >= 0.6 is 23.2 Å². The molecule has 6 nitrogen and oxygen atoms in total. The summed E-state index contributed by atoms with van der Waals surface area (Å²) < 4.78 is 0. The number of amides is 2. The van der Waals surface area contributed by atoms with Crippen molar-refractivity contribution < 1.29 is 4.79 Å². The molecule has 0 unspecified atom stereocenters. The lowest BCUT2D eigenvalue weighted by Crippen LogP contribution is -2.39. The quantitative estimate of drug-likeness (QED) is 0.754. The number of nitriles is 1. The van der Waals surface area contributed by atoms with Crippen molar-refractivity contribution in [3.05, 3.63) is 57.7 Å². The number of benzene rings is 1. The van der Waals surface area contributed by atoms with Gasteiger partial charge in [-0.3, -0.25) is 0 Å². The van der Waals surface area contributed by atoms with Crippen LogP contribution in [0.15, 0.2) is 36.5 Å². The van der Waals surface area contributed by atoms with Crippen molar-refractivity contribution in [2.75, 3.05) is 25.5 Å². The van der Waals surface area contributed by atoms with Gasteiger partial charge in [-0.05, 0) is 23.8 Å². The molecule has 8 heteroatoms. The number of halogens is 2. The fraction of sp³-hybridized carbons (Fsp3) is 0.235. The van der Waals surface area contributed by atoms with Crippen LogP contribution in [-0.4, -0.2) is 36.1 Å². The number of carbonyl (C=O) groups excluding carboxylic acids is 1. The van der Waals surface area contributed by atoms with Crippen molar-refractivity contribution in [1.29, 1.82) is 5.26 Å². The maximum atomic E-state index is 12.1. The van der Waals surface area contributed by atoms with Crippen LogP contribution in [0.25, 0.3) is 0 Å². The van der Waals surface area contributed by atoms with Crippen LogP contribution in [-0.2, 0) is 6.54 Å². The van der Waals surface area contributed by atoms with Crippen LogP contribution < -0.4 is 10.6 Å². The van der Waals surface area contributed by atoms with Gasteiger partial charge in [0.15, 0.2) is 0 Å². The van der Waals surface area contributed by atoms with Gasteiger partial charge in [-0.1, -0.05) is 35.3 Å². The van der Waals surface area contributed by atoms with Crippen molar-refractivity contribution in [2.24, 2.45) is 0 Å². The monoisotopic (exact) mass is 377 g/mol. The zero-order chi connectivity index (χ0) is 18.2. The molecule has 0 bridgehead atoms. The van der Waals surface area contributed by atoms with Crippen molar-refractivity contribution in [1.82, 2.24) is 15.2 Å².